The third kappa shape index (κ3) is 3.58. The van der Waals surface area contributed by atoms with E-state index in [1.807, 2.05) is 0 Å². The lowest BCUT2D eigenvalue weighted by Gasteiger charge is -2.13. The molecule has 27 heavy (non-hydrogen) atoms. The van der Waals surface area contributed by atoms with Crippen molar-refractivity contribution in [2.24, 2.45) is 0 Å². The molecule has 0 amide bonds. The van der Waals surface area contributed by atoms with Crippen molar-refractivity contribution in [2.75, 3.05) is 13.7 Å². The van der Waals surface area contributed by atoms with E-state index in [-0.39, 0.29) is 16.2 Å². The zero-order valence-electron chi connectivity index (χ0n) is 15.0. The van der Waals surface area contributed by atoms with Crippen molar-refractivity contribution in [3.05, 3.63) is 66.4 Å². The number of ether oxygens (including phenoxy) is 1. The molecule has 0 aliphatic rings. The van der Waals surface area contributed by atoms with Gasteiger partial charge < -0.3 is 10.1 Å². The number of rotatable bonds is 7. The summed E-state index contributed by atoms with van der Waals surface area (Å²) >= 11 is 0. The first-order valence-corrected chi connectivity index (χ1v) is 9.86. The highest BCUT2D eigenvalue weighted by Gasteiger charge is 2.28. The van der Waals surface area contributed by atoms with Gasteiger partial charge in [-0.2, -0.15) is 0 Å². The minimum absolute atomic E-state index is 0.0108. The third-order valence-electron chi connectivity index (χ3n) is 3.98. The number of pyridine rings is 1. The van der Waals surface area contributed by atoms with E-state index in [9.17, 15) is 12.8 Å². The zero-order valence-corrected chi connectivity index (χ0v) is 15.8. The Balaban J connectivity index is 2.34. The first-order valence-electron chi connectivity index (χ1n) is 8.42. The van der Waals surface area contributed by atoms with Crippen LogP contribution in [-0.4, -0.2) is 31.0 Å². The van der Waals surface area contributed by atoms with Gasteiger partial charge in [0, 0.05) is 36.3 Å². The fraction of sp³-hybridized carbons (Fsp3) is 0.211. The maximum absolute atomic E-state index is 14.6. The number of benzene rings is 1. The van der Waals surface area contributed by atoms with Crippen LogP contribution in [0.15, 0.2) is 59.9 Å². The molecular weight excluding hydrogens is 369 g/mol. The molecule has 0 atom stereocenters. The quantitative estimate of drug-likeness (QED) is 0.672. The molecule has 3 aromatic rings. The largest absolute Gasteiger partial charge is 0.491 e. The summed E-state index contributed by atoms with van der Waals surface area (Å²) in [7, 11) is -2.25. The number of nitrogens with one attached hydrogen (secondary N) is 1. The molecule has 1 aromatic carbocycles. The van der Waals surface area contributed by atoms with Crippen LogP contribution in [0.2, 0.25) is 0 Å². The van der Waals surface area contributed by atoms with Gasteiger partial charge in [0.15, 0.2) is 5.75 Å². The number of aromatic nitrogens is 2. The minimum Gasteiger partial charge on any atom is -0.491 e. The Hall–Kier alpha value is -2.71. The number of hydrogen-bond acceptors (Lipinski definition) is 5. The second kappa shape index (κ2) is 7.89. The lowest BCUT2D eigenvalue weighted by Crippen LogP contribution is -2.14. The van der Waals surface area contributed by atoms with Crippen molar-refractivity contribution in [1.82, 2.24) is 14.3 Å². The topological polar surface area (TPSA) is 73.2 Å². The summed E-state index contributed by atoms with van der Waals surface area (Å²) in [5.74, 6) is -0.195. The molecule has 142 valence electrons. The number of halogens is 1. The molecule has 0 aliphatic heterocycles. The number of nitrogens with zero attached hydrogens (tertiary/aromatic N) is 2. The van der Waals surface area contributed by atoms with Crippen LogP contribution >= 0.6 is 0 Å². The first kappa shape index (κ1) is 19.1. The summed E-state index contributed by atoms with van der Waals surface area (Å²) in [6.07, 6.45) is 4.22. The normalized spacial score (nSPS) is 11.5. The maximum atomic E-state index is 14.6. The van der Waals surface area contributed by atoms with E-state index in [4.69, 9.17) is 4.74 Å². The Morgan fingerprint density at radius 1 is 1.22 bits per heavy atom. The van der Waals surface area contributed by atoms with Crippen LogP contribution < -0.4 is 10.1 Å². The molecule has 0 fully saturated rings. The van der Waals surface area contributed by atoms with Crippen LogP contribution in [0.3, 0.4) is 0 Å². The summed E-state index contributed by atoms with van der Waals surface area (Å²) in [5, 5.41) is 2.99. The predicted molar refractivity (Wildman–Crippen MR) is 101 cm³/mol. The fourth-order valence-corrected chi connectivity index (χ4v) is 4.20. The maximum Gasteiger partial charge on any atom is 0.269 e. The molecule has 0 spiro atoms. The first-order chi connectivity index (χ1) is 13.0. The molecule has 2 heterocycles. The molecule has 0 unspecified atom stereocenters. The molecule has 1 N–H and O–H groups in total. The van der Waals surface area contributed by atoms with Crippen LogP contribution in [0.4, 0.5) is 4.39 Å². The van der Waals surface area contributed by atoms with Crippen molar-refractivity contribution in [2.45, 2.75) is 18.4 Å². The van der Waals surface area contributed by atoms with Gasteiger partial charge >= 0.3 is 0 Å². The Morgan fingerprint density at radius 3 is 2.63 bits per heavy atom. The average molecular weight is 389 g/mol. The molecule has 0 aliphatic carbocycles. The Labute approximate surface area is 157 Å². The van der Waals surface area contributed by atoms with Crippen molar-refractivity contribution in [3.8, 4) is 17.0 Å². The standard InChI is InChI=1S/C19H20FN3O3S/c1-3-26-19-14(11-21-2)13-23(18(19)16-8-4-5-9-17(16)20)27(24,25)15-7-6-10-22-12-15/h4-10,12-13,21H,3,11H2,1-2H3. The van der Waals surface area contributed by atoms with E-state index in [0.29, 0.717) is 24.5 Å². The monoisotopic (exact) mass is 389 g/mol. The predicted octanol–water partition coefficient (Wildman–Crippen LogP) is 3.04. The minimum atomic E-state index is -3.99. The Morgan fingerprint density at radius 2 is 2.00 bits per heavy atom. The van der Waals surface area contributed by atoms with Crippen LogP contribution in [-0.2, 0) is 16.6 Å². The summed E-state index contributed by atoms with van der Waals surface area (Å²) in [6.45, 7) is 2.47. The van der Waals surface area contributed by atoms with Crippen LogP contribution in [0, 0.1) is 5.82 Å². The van der Waals surface area contributed by atoms with Crippen molar-refractivity contribution in [3.63, 3.8) is 0 Å². The van der Waals surface area contributed by atoms with Gasteiger partial charge in [0.25, 0.3) is 10.0 Å². The number of hydrogen-bond donors (Lipinski definition) is 1. The smallest absolute Gasteiger partial charge is 0.269 e. The molecule has 0 radical (unpaired) electrons. The molecule has 3 rings (SSSR count). The third-order valence-corrected chi connectivity index (χ3v) is 5.62. The molecule has 6 nitrogen and oxygen atoms in total. The van der Waals surface area contributed by atoms with Crippen molar-refractivity contribution in [1.29, 1.82) is 0 Å². The highest BCUT2D eigenvalue weighted by atomic mass is 32.2. The van der Waals surface area contributed by atoms with E-state index < -0.39 is 15.8 Å². The summed E-state index contributed by atoms with van der Waals surface area (Å²) < 4.78 is 47.8. The zero-order chi connectivity index (χ0) is 19.4. The van der Waals surface area contributed by atoms with Gasteiger partial charge in [-0.25, -0.2) is 16.8 Å². The van der Waals surface area contributed by atoms with E-state index >= 15 is 0 Å². The van der Waals surface area contributed by atoms with Gasteiger partial charge in [-0.3, -0.25) is 4.98 Å². The van der Waals surface area contributed by atoms with Gasteiger partial charge in [-0.1, -0.05) is 12.1 Å². The van der Waals surface area contributed by atoms with Gasteiger partial charge in [-0.15, -0.1) is 0 Å². The SMILES string of the molecule is CCOc1c(CNC)cn(S(=O)(=O)c2cccnc2)c1-c1ccccc1F. The highest BCUT2D eigenvalue weighted by molar-refractivity contribution is 7.90. The van der Waals surface area contributed by atoms with Crippen molar-refractivity contribution < 1.29 is 17.5 Å². The molecule has 8 heteroatoms. The van der Waals surface area contributed by atoms with Crippen molar-refractivity contribution >= 4 is 10.0 Å². The molecule has 0 saturated carbocycles. The molecule has 2 aromatic heterocycles. The lowest BCUT2D eigenvalue weighted by atomic mass is 10.1. The molecule has 0 bridgehead atoms. The van der Waals surface area contributed by atoms with E-state index in [2.05, 4.69) is 10.3 Å². The summed E-state index contributed by atoms with van der Waals surface area (Å²) in [5.41, 5.74) is 0.921. The van der Waals surface area contributed by atoms with E-state index in [1.54, 1.807) is 26.1 Å². The second-order valence-corrected chi connectivity index (χ2v) is 7.58. The Kier molecular flexibility index (Phi) is 5.57. The van der Waals surface area contributed by atoms with Gasteiger partial charge in [-0.05, 0) is 38.2 Å². The highest BCUT2D eigenvalue weighted by Crippen LogP contribution is 2.38. The molecular formula is C19H20FN3O3S. The van der Waals surface area contributed by atoms with Crippen LogP contribution in [0.5, 0.6) is 5.75 Å². The van der Waals surface area contributed by atoms with E-state index in [1.165, 1.54) is 42.9 Å². The lowest BCUT2D eigenvalue weighted by molar-refractivity contribution is 0.338. The van der Waals surface area contributed by atoms with Crippen LogP contribution in [0.25, 0.3) is 11.3 Å². The fourth-order valence-electron chi connectivity index (χ4n) is 2.84. The summed E-state index contributed by atoms with van der Waals surface area (Å²) in [6, 6.07) is 9.02. The van der Waals surface area contributed by atoms with Gasteiger partial charge in [0.1, 0.15) is 16.4 Å². The molecule has 0 saturated heterocycles. The summed E-state index contributed by atoms with van der Waals surface area (Å²) in [4.78, 5) is 3.90. The average Bonchev–Trinajstić information content (AvgIpc) is 3.02. The Bertz CT molecular complexity index is 1030. The second-order valence-electron chi connectivity index (χ2n) is 5.76. The van der Waals surface area contributed by atoms with Gasteiger partial charge in [0.2, 0.25) is 0 Å². The van der Waals surface area contributed by atoms with Crippen LogP contribution in [0.1, 0.15) is 12.5 Å². The van der Waals surface area contributed by atoms with E-state index in [0.717, 1.165) is 3.97 Å². The van der Waals surface area contributed by atoms with Gasteiger partial charge in [0.05, 0.1) is 6.61 Å².